The molecule has 19 heavy (non-hydrogen) atoms. The number of ether oxygens (including phenoxy) is 1. The van der Waals surface area contributed by atoms with Crippen LogP contribution in [0.15, 0.2) is 24.8 Å². The fraction of sp³-hybridized carbons (Fsp3) is 0.438. The Balaban J connectivity index is 2.21. The predicted octanol–water partition coefficient (Wildman–Crippen LogP) is 3.21. The van der Waals surface area contributed by atoms with Crippen LogP contribution in [-0.2, 0) is 0 Å². The highest BCUT2D eigenvalue weighted by atomic mass is 16.5. The van der Waals surface area contributed by atoms with Gasteiger partial charge in [0.15, 0.2) is 0 Å². The van der Waals surface area contributed by atoms with Crippen LogP contribution in [0.5, 0.6) is 5.75 Å². The minimum absolute atomic E-state index is 0.109. The van der Waals surface area contributed by atoms with Crippen LogP contribution in [0.2, 0.25) is 0 Å². The lowest BCUT2D eigenvalue weighted by Gasteiger charge is -2.31. The van der Waals surface area contributed by atoms with E-state index in [4.69, 9.17) is 4.74 Å². The van der Waals surface area contributed by atoms with Crippen molar-refractivity contribution in [1.29, 1.82) is 0 Å². The monoisotopic (exact) mass is 259 g/mol. The van der Waals surface area contributed by atoms with E-state index in [0.717, 1.165) is 30.8 Å². The summed E-state index contributed by atoms with van der Waals surface area (Å²) in [5.41, 5.74) is 1.57. The summed E-state index contributed by atoms with van der Waals surface area (Å²) >= 11 is 0. The van der Waals surface area contributed by atoms with Gasteiger partial charge in [-0.2, -0.15) is 0 Å². The molecule has 0 aromatic heterocycles. The lowest BCUT2D eigenvalue weighted by molar-refractivity contribution is 0.0683. The van der Waals surface area contributed by atoms with Gasteiger partial charge in [-0.3, -0.25) is 4.79 Å². The van der Waals surface area contributed by atoms with Crippen molar-refractivity contribution >= 4 is 12.0 Å². The van der Waals surface area contributed by atoms with Gasteiger partial charge in [-0.05, 0) is 37.0 Å². The quantitative estimate of drug-likeness (QED) is 0.834. The van der Waals surface area contributed by atoms with Gasteiger partial charge >= 0.3 is 0 Å². The van der Waals surface area contributed by atoms with Crippen molar-refractivity contribution in [3.05, 3.63) is 35.9 Å². The number of carbonyl (C=O) groups is 1. The summed E-state index contributed by atoms with van der Waals surface area (Å²) in [7, 11) is 1.62. The van der Waals surface area contributed by atoms with Crippen molar-refractivity contribution in [3.63, 3.8) is 0 Å². The number of methoxy groups -OCH3 is 1. The summed E-state index contributed by atoms with van der Waals surface area (Å²) in [5, 5.41) is 0. The molecule has 0 radical (unpaired) electrons. The van der Waals surface area contributed by atoms with E-state index in [1.54, 1.807) is 13.2 Å². The van der Waals surface area contributed by atoms with Crippen LogP contribution < -0.4 is 4.74 Å². The molecule has 3 heteroatoms. The first-order chi connectivity index (χ1) is 9.15. The molecule has 0 spiro atoms. The first kappa shape index (κ1) is 13.7. The van der Waals surface area contributed by atoms with E-state index in [-0.39, 0.29) is 5.91 Å². The second-order valence-corrected chi connectivity index (χ2v) is 5.16. The van der Waals surface area contributed by atoms with E-state index >= 15 is 0 Å². The van der Waals surface area contributed by atoms with Gasteiger partial charge in [0.1, 0.15) is 5.75 Å². The van der Waals surface area contributed by atoms with Gasteiger partial charge in [0.25, 0.3) is 5.91 Å². The van der Waals surface area contributed by atoms with Crippen LogP contribution >= 0.6 is 0 Å². The molecule has 3 nitrogen and oxygen atoms in total. The number of amides is 1. The number of likely N-dealkylation sites (tertiary alicyclic amines) is 1. The van der Waals surface area contributed by atoms with Crippen LogP contribution in [0.3, 0.4) is 0 Å². The zero-order chi connectivity index (χ0) is 13.8. The molecule has 0 saturated carbocycles. The molecule has 1 aliphatic heterocycles. The van der Waals surface area contributed by atoms with E-state index in [0.29, 0.717) is 11.5 Å². The fourth-order valence-electron chi connectivity index (χ4n) is 2.58. The Labute approximate surface area is 114 Å². The topological polar surface area (TPSA) is 29.5 Å². The highest BCUT2D eigenvalue weighted by molar-refractivity contribution is 5.95. The number of benzene rings is 1. The predicted molar refractivity (Wildman–Crippen MR) is 77.4 cm³/mol. The lowest BCUT2D eigenvalue weighted by atomic mass is 9.99. The maximum absolute atomic E-state index is 12.5. The second-order valence-electron chi connectivity index (χ2n) is 5.16. The molecule has 0 N–H and O–H groups in total. The molecule has 1 aromatic rings. The average molecular weight is 259 g/mol. The van der Waals surface area contributed by atoms with Crippen molar-refractivity contribution < 1.29 is 9.53 Å². The number of rotatable bonds is 3. The maximum Gasteiger partial charge on any atom is 0.253 e. The number of hydrogen-bond donors (Lipinski definition) is 0. The molecule has 1 fully saturated rings. The summed E-state index contributed by atoms with van der Waals surface area (Å²) in [4.78, 5) is 14.4. The van der Waals surface area contributed by atoms with Gasteiger partial charge in [0, 0.05) is 24.2 Å². The normalized spacial score (nSPS) is 19.1. The molecular weight excluding hydrogens is 238 g/mol. The number of nitrogens with zero attached hydrogens (tertiary/aromatic N) is 1. The Morgan fingerprint density at radius 2 is 2.32 bits per heavy atom. The maximum atomic E-state index is 12.5. The average Bonchev–Trinajstić information content (AvgIpc) is 2.45. The Bertz CT molecular complexity index is 482. The number of carbonyl (C=O) groups excluding carboxylic acids is 1. The summed E-state index contributed by atoms with van der Waals surface area (Å²) in [6.07, 6.45) is 4.02. The van der Waals surface area contributed by atoms with Crippen molar-refractivity contribution in [2.75, 3.05) is 20.2 Å². The fourth-order valence-corrected chi connectivity index (χ4v) is 2.58. The van der Waals surface area contributed by atoms with E-state index in [1.165, 1.54) is 6.42 Å². The van der Waals surface area contributed by atoms with E-state index in [2.05, 4.69) is 13.5 Å². The van der Waals surface area contributed by atoms with Crippen LogP contribution in [0.25, 0.3) is 6.08 Å². The lowest BCUT2D eigenvalue weighted by Crippen LogP contribution is -2.39. The Morgan fingerprint density at radius 1 is 1.53 bits per heavy atom. The molecule has 1 atom stereocenters. The zero-order valence-electron chi connectivity index (χ0n) is 11.7. The third-order valence-electron chi connectivity index (χ3n) is 3.64. The number of hydrogen-bond acceptors (Lipinski definition) is 2. The molecule has 102 valence electrons. The smallest absolute Gasteiger partial charge is 0.253 e. The minimum atomic E-state index is 0.109. The van der Waals surface area contributed by atoms with Crippen molar-refractivity contribution in [1.82, 2.24) is 4.90 Å². The highest BCUT2D eigenvalue weighted by Crippen LogP contribution is 2.23. The van der Waals surface area contributed by atoms with E-state index in [9.17, 15) is 4.79 Å². The summed E-state index contributed by atoms with van der Waals surface area (Å²) in [6, 6.07) is 5.51. The Hall–Kier alpha value is -1.77. The molecule has 1 aliphatic rings. The molecule has 1 saturated heterocycles. The molecule has 1 unspecified atom stereocenters. The Morgan fingerprint density at radius 3 is 2.95 bits per heavy atom. The molecule has 1 amide bonds. The van der Waals surface area contributed by atoms with E-state index in [1.807, 2.05) is 23.1 Å². The van der Waals surface area contributed by atoms with Gasteiger partial charge in [-0.1, -0.05) is 19.6 Å². The molecule has 1 heterocycles. The van der Waals surface area contributed by atoms with Gasteiger partial charge in [0.2, 0.25) is 0 Å². The molecule has 0 bridgehead atoms. The van der Waals surface area contributed by atoms with Crippen LogP contribution in [-0.4, -0.2) is 31.0 Å². The minimum Gasteiger partial charge on any atom is -0.496 e. The molecular formula is C16H21NO2. The van der Waals surface area contributed by atoms with Crippen LogP contribution in [0.1, 0.15) is 35.7 Å². The first-order valence-electron chi connectivity index (χ1n) is 6.75. The molecule has 1 aromatic carbocycles. The van der Waals surface area contributed by atoms with Gasteiger partial charge in [-0.25, -0.2) is 0 Å². The van der Waals surface area contributed by atoms with Gasteiger partial charge in [0.05, 0.1) is 7.11 Å². The van der Waals surface area contributed by atoms with Gasteiger partial charge < -0.3 is 9.64 Å². The molecule has 2 rings (SSSR count). The Kier molecular flexibility index (Phi) is 4.25. The van der Waals surface area contributed by atoms with Gasteiger partial charge in [-0.15, -0.1) is 0 Å². The van der Waals surface area contributed by atoms with Crippen molar-refractivity contribution in [2.24, 2.45) is 5.92 Å². The summed E-state index contributed by atoms with van der Waals surface area (Å²) < 4.78 is 5.24. The highest BCUT2D eigenvalue weighted by Gasteiger charge is 2.22. The first-order valence-corrected chi connectivity index (χ1v) is 6.75. The second kappa shape index (κ2) is 5.91. The zero-order valence-corrected chi connectivity index (χ0v) is 11.7. The van der Waals surface area contributed by atoms with Crippen molar-refractivity contribution in [2.45, 2.75) is 19.8 Å². The third-order valence-corrected chi connectivity index (χ3v) is 3.64. The largest absolute Gasteiger partial charge is 0.496 e. The SMILES string of the molecule is C=Cc1cc(C(=O)N2CCCC(C)C2)ccc1OC. The standard InChI is InChI=1S/C16H21NO2/c1-4-13-10-14(7-8-15(13)19-3)16(18)17-9-5-6-12(2)11-17/h4,7-8,10,12H,1,5-6,9,11H2,2-3H3. The summed E-state index contributed by atoms with van der Waals surface area (Å²) in [6.45, 7) is 7.67. The van der Waals surface area contributed by atoms with Crippen LogP contribution in [0, 0.1) is 5.92 Å². The third kappa shape index (κ3) is 2.98. The van der Waals surface area contributed by atoms with Crippen LogP contribution in [0.4, 0.5) is 0 Å². The molecule has 0 aliphatic carbocycles. The summed E-state index contributed by atoms with van der Waals surface area (Å²) in [5.74, 6) is 1.45. The van der Waals surface area contributed by atoms with E-state index < -0.39 is 0 Å². The number of piperidine rings is 1. The van der Waals surface area contributed by atoms with Crippen molar-refractivity contribution in [3.8, 4) is 5.75 Å².